The zero-order valence-electron chi connectivity index (χ0n) is 33.5. The molecule has 9 aromatic rings. The summed E-state index contributed by atoms with van der Waals surface area (Å²) in [6.07, 6.45) is 6.27. The third-order valence-electron chi connectivity index (χ3n) is 12.0. The molecule has 6 aromatic carbocycles. The lowest BCUT2D eigenvalue weighted by Crippen LogP contribution is -2.16. The standard InChI is InChI=1S/C50H43N3O5S2/c1-30-10-17-40(18-11-30)60(55,56)53-29-36(26-39-25-35-7-4-5-9-47(35)59-39)48-46(53)21-19-42-41(8-6-22-51-49(42)48)44-28-52-45-20-16-38(27-43(44)45)58-50(54)31(2)32-12-13-34-24-37(57-3)15-14-33(34)23-32/h4-5,7,9-21,23-25,27-29,31,41,51-52H,6,8,22,26H2,1-3H3/t31-,41?/m0/s1. The van der Waals surface area contributed by atoms with Crippen LogP contribution in [0.25, 0.3) is 42.7 Å². The second-order valence-corrected chi connectivity index (χ2v) is 18.8. The van der Waals surface area contributed by atoms with E-state index in [1.807, 2.05) is 98.9 Å². The summed E-state index contributed by atoms with van der Waals surface area (Å²) in [4.78, 5) is 18.5. The first-order valence-electron chi connectivity index (χ1n) is 20.3. The van der Waals surface area contributed by atoms with Crippen LogP contribution < -0.4 is 14.8 Å². The van der Waals surface area contributed by atoms with Crippen molar-refractivity contribution in [3.8, 4) is 11.5 Å². The molecule has 1 unspecified atom stereocenters. The molecule has 0 aliphatic carbocycles. The maximum Gasteiger partial charge on any atom is 0.318 e. The van der Waals surface area contributed by atoms with Gasteiger partial charge in [0.1, 0.15) is 11.5 Å². The molecule has 3 aromatic heterocycles. The molecule has 0 spiro atoms. The summed E-state index contributed by atoms with van der Waals surface area (Å²) in [6, 6.07) is 39.3. The molecule has 1 aliphatic heterocycles. The smallest absolute Gasteiger partial charge is 0.318 e. The van der Waals surface area contributed by atoms with Crippen LogP contribution >= 0.6 is 11.3 Å². The van der Waals surface area contributed by atoms with Crippen LogP contribution in [0.4, 0.5) is 5.69 Å². The van der Waals surface area contributed by atoms with Gasteiger partial charge in [-0.1, -0.05) is 66.2 Å². The second-order valence-electron chi connectivity index (χ2n) is 15.8. The third-order valence-corrected chi connectivity index (χ3v) is 14.8. The minimum absolute atomic E-state index is 0.0107. The minimum Gasteiger partial charge on any atom is -0.497 e. The Balaban J connectivity index is 1.03. The van der Waals surface area contributed by atoms with Gasteiger partial charge in [-0.25, -0.2) is 12.4 Å². The van der Waals surface area contributed by atoms with E-state index < -0.39 is 15.9 Å². The summed E-state index contributed by atoms with van der Waals surface area (Å²) < 4.78 is 42.9. The average molecular weight is 830 g/mol. The summed E-state index contributed by atoms with van der Waals surface area (Å²) in [5.41, 5.74) is 7.58. The Hall–Kier alpha value is -6.36. The van der Waals surface area contributed by atoms with Gasteiger partial charge < -0.3 is 19.8 Å². The van der Waals surface area contributed by atoms with Gasteiger partial charge in [0.15, 0.2) is 0 Å². The van der Waals surface area contributed by atoms with Gasteiger partial charge in [-0.3, -0.25) is 4.79 Å². The Labute approximate surface area is 352 Å². The Morgan fingerprint density at radius 3 is 2.50 bits per heavy atom. The maximum absolute atomic E-state index is 14.4. The fourth-order valence-corrected chi connectivity index (χ4v) is 11.3. The number of hydrogen-bond acceptors (Lipinski definition) is 7. The first-order valence-corrected chi connectivity index (χ1v) is 22.5. The topological polar surface area (TPSA) is 102 Å². The van der Waals surface area contributed by atoms with Crippen LogP contribution in [0, 0.1) is 6.92 Å². The molecule has 0 saturated heterocycles. The number of fused-ring (bicyclic) bond motifs is 6. The molecule has 2 N–H and O–H groups in total. The van der Waals surface area contributed by atoms with Crippen molar-refractivity contribution in [1.29, 1.82) is 0 Å². The summed E-state index contributed by atoms with van der Waals surface area (Å²) in [5.74, 6) is 0.446. The highest BCUT2D eigenvalue weighted by atomic mass is 32.2. The number of carbonyl (C=O) groups is 1. The number of hydrogen-bond donors (Lipinski definition) is 2. The number of ether oxygens (including phenoxy) is 2. The number of rotatable bonds is 9. The number of thiophene rings is 1. The van der Waals surface area contributed by atoms with E-state index in [1.54, 1.807) is 30.6 Å². The van der Waals surface area contributed by atoms with E-state index in [9.17, 15) is 13.2 Å². The van der Waals surface area contributed by atoms with Gasteiger partial charge in [0, 0.05) is 62.8 Å². The van der Waals surface area contributed by atoms with Crippen LogP contribution in [0.1, 0.15) is 64.3 Å². The lowest BCUT2D eigenvalue weighted by molar-refractivity contribution is -0.135. The van der Waals surface area contributed by atoms with E-state index in [0.29, 0.717) is 17.7 Å². The Morgan fingerprint density at radius 2 is 1.67 bits per heavy atom. The first kappa shape index (κ1) is 37.9. The summed E-state index contributed by atoms with van der Waals surface area (Å²) in [5, 5.41) is 8.91. The van der Waals surface area contributed by atoms with E-state index in [-0.39, 0.29) is 16.8 Å². The number of aromatic nitrogens is 2. The number of esters is 1. The minimum atomic E-state index is -3.91. The van der Waals surface area contributed by atoms with Crippen molar-refractivity contribution in [2.45, 2.75) is 49.8 Å². The predicted molar refractivity (Wildman–Crippen MR) is 243 cm³/mol. The molecule has 300 valence electrons. The predicted octanol–water partition coefficient (Wildman–Crippen LogP) is 11.7. The SMILES string of the molecule is COc1ccc2cc([C@H](C)C(=O)Oc3ccc4[nH]cc(C5CCCNc6c5ccc5c6c(Cc6cc7ccccc7s6)cn5S(=O)(=O)c5ccc(C)cc5)c4c3)ccc2c1. The highest BCUT2D eigenvalue weighted by molar-refractivity contribution is 7.90. The van der Waals surface area contributed by atoms with Crippen molar-refractivity contribution in [3.63, 3.8) is 0 Å². The van der Waals surface area contributed by atoms with Crippen LogP contribution in [0.3, 0.4) is 0 Å². The number of H-pyrrole nitrogens is 1. The Bertz CT molecular complexity index is 3200. The van der Waals surface area contributed by atoms with Gasteiger partial charge >= 0.3 is 5.97 Å². The number of aryl methyl sites for hydroxylation is 1. The summed E-state index contributed by atoms with van der Waals surface area (Å²) in [6.45, 7) is 4.57. The van der Waals surface area contributed by atoms with Crippen molar-refractivity contribution in [2.24, 2.45) is 0 Å². The van der Waals surface area contributed by atoms with Crippen LogP contribution in [0.15, 0.2) is 139 Å². The largest absolute Gasteiger partial charge is 0.497 e. The monoisotopic (exact) mass is 829 g/mol. The fraction of sp³-hybridized carbons (Fsp3) is 0.180. The van der Waals surface area contributed by atoms with Crippen molar-refractivity contribution >= 4 is 75.7 Å². The molecule has 4 heterocycles. The van der Waals surface area contributed by atoms with Crippen LogP contribution in [-0.2, 0) is 21.2 Å². The molecule has 0 fully saturated rings. The molecule has 8 nitrogen and oxygen atoms in total. The Morgan fingerprint density at radius 1 is 0.867 bits per heavy atom. The molecule has 2 atom stereocenters. The number of nitrogens with one attached hydrogen (secondary N) is 2. The normalized spacial score (nSPS) is 14.9. The molecule has 0 bridgehead atoms. The highest BCUT2D eigenvalue weighted by Gasteiger charge is 2.29. The van der Waals surface area contributed by atoms with Gasteiger partial charge in [0.2, 0.25) is 0 Å². The number of carbonyl (C=O) groups excluding carboxylic acids is 1. The Kier molecular flexibility index (Phi) is 9.49. The van der Waals surface area contributed by atoms with Gasteiger partial charge in [0.25, 0.3) is 10.0 Å². The maximum atomic E-state index is 14.4. The highest BCUT2D eigenvalue weighted by Crippen LogP contribution is 2.45. The zero-order chi connectivity index (χ0) is 41.1. The van der Waals surface area contributed by atoms with E-state index in [1.165, 1.54) is 18.9 Å². The van der Waals surface area contributed by atoms with Crippen molar-refractivity contribution in [3.05, 3.63) is 166 Å². The van der Waals surface area contributed by atoms with E-state index in [2.05, 4.69) is 46.8 Å². The lowest BCUT2D eigenvalue weighted by Gasteiger charge is -2.19. The number of benzene rings is 6. The fourth-order valence-electron chi connectivity index (χ4n) is 8.79. The van der Waals surface area contributed by atoms with Crippen molar-refractivity contribution in [2.75, 3.05) is 19.0 Å². The molecular formula is C50H43N3O5S2. The lowest BCUT2D eigenvalue weighted by atomic mass is 9.86. The quantitative estimate of drug-likeness (QED) is 0.111. The first-order chi connectivity index (χ1) is 29.1. The molecule has 1 aliphatic rings. The van der Waals surface area contributed by atoms with Crippen LogP contribution in [-0.4, -0.2) is 37.0 Å². The number of methoxy groups -OCH3 is 1. The van der Waals surface area contributed by atoms with Crippen LogP contribution in [0.5, 0.6) is 11.5 Å². The van der Waals surface area contributed by atoms with Gasteiger partial charge in [-0.05, 0) is 126 Å². The number of nitrogens with zero attached hydrogens (tertiary/aromatic N) is 1. The van der Waals surface area contributed by atoms with E-state index >= 15 is 0 Å². The molecule has 0 radical (unpaired) electrons. The van der Waals surface area contributed by atoms with Crippen molar-refractivity contribution in [1.82, 2.24) is 8.96 Å². The molecule has 0 saturated carbocycles. The van der Waals surface area contributed by atoms with E-state index in [4.69, 9.17) is 9.47 Å². The van der Waals surface area contributed by atoms with Gasteiger partial charge in [0.05, 0.1) is 23.4 Å². The van der Waals surface area contributed by atoms with E-state index in [0.717, 1.165) is 85.7 Å². The third kappa shape index (κ3) is 6.70. The molecule has 60 heavy (non-hydrogen) atoms. The van der Waals surface area contributed by atoms with Gasteiger partial charge in [-0.2, -0.15) is 0 Å². The number of anilines is 1. The molecular weight excluding hydrogens is 787 g/mol. The molecule has 10 heteroatoms. The second kappa shape index (κ2) is 15.0. The van der Waals surface area contributed by atoms with Gasteiger partial charge in [-0.15, -0.1) is 11.3 Å². The van der Waals surface area contributed by atoms with Crippen LogP contribution in [0.2, 0.25) is 0 Å². The summed E-state index contributed by atoms with van der Waals surface area (Å²) >= 11 is 1.74. The summed E-state index contributed by atoms with van der Waals surface area (Å²) in [7, 11) is -2.26. The zero-order valence-corrected chi connectivity index (χ0v) is 35.1. The average Bonchev–Trinajstić information content (AvgIpc) is 3.94. The number of aromatic amines is 1. The molecule has 10 rings (SSSR count). The molecule has 0 amide bonds. The van der Waals surface area contributed by atoms with Crippen molar-refractivity contribution < 1.29 is 22.7 Å².